The number of hydrogen-bond donors (Lipinski definition) is 2. The average Bonchev–Trinajstić information content (AvgIpc) is 2.87. The molecule has 0 aliphatic carbocycles. The molecule has 0 aliphatic rings. The number of aryl methyl sites for hydroxylation is 1. The first-order valence-corrected chi connectivity index (χ1v) is 8.51. The number of hydrogen-bond acceptors (Lipinski definition) is 4. The van der Waals surface area contributed by atoms with E-state index in [0.717, 1.165) is 17.0 Å². The van der Waals surface area contributed by atoms with Gasteiger partial charge in [-0.1, -0.05) is 13.8 Å². The molecule has 1 aromatic carbocycles. The molecule has 1 heterocycles. The number of amides is 2. The molecule has 134 valence electrons. The van der Waals surface area contributed by atoms with Crippen molar-refractivity contribution in [2.75, 3.05) is 5.32 Å². The maximum atomic E-state index is 13.4. The van der Waals surface area contributed by atoms with Crippen LogP contribution in [-0.2, 0) is 9.59 Å². The number of anilines is 1. The van der Waals surface area contributed by atoms with E-state index in [1.165, 1.54) is 24.3 Å². The lowest BCUT2D eigenvalue weighted by Crippen LogP contribution is -2.46. The molecule has 0 spiro atoms. The molecule has 1 aromatic heterocycles. The Morgan fingerprint density at radius 3 is 2.44 bits per heavy atom. The summed E-state index contributed by atoms with van der Waals surface area (Å²) < 4.78 is 26.5. The molecule has 5 nitrogen and oxygen atoms in total. The van der Waals surface area contributed by atoms with Crippen LogP contribution in [0, 0.1) is 24.5 Å². The van der Waals surface area contributed by atoms with Crippen LogP contribution in [-0.4, -0.2) is 22.8 Å². The summed E-state index contributed by atoms with van der Waals surface area (Å²) >= 11 is 1.22. The SMILES string of the molecule is CC(=O)NC(C(=O)Nc1nc(-c2ccc(F)c(F)c2)c(C)s1)C(C)C. The number of benzene rings is 1. The van der Waals surface area contributed by atoms with Gasteiger partial charge in [-0.3, -0.25) is 9.59 Å². The van der Waals surface area contributed by atoms with Gasteiger partial charge in [0.15, 0.2) is 16.8 Å². The molecular formula is C17H19F2N3O2S. The quantitative estimate of drug-likeness (QED) is 0.850. The number of carbonyl (C=O) groups excluding carboxylic acids is 2. The molecule has 0 aliphatic heterocycles. The van der Waals surface area contributed by atoms with E-state index in [4.69, 9.17) is 0 Å². The molecule has 25 heavy (non-hydrogen) atoms. The molecule has 2 N–H and O–H groups in total. The summed E-state index contributed by atoms with van der Waals surface area (Å²) in [5.41, 5.74) is 0.898. The molecule has 0 bridgehead atoms. The monoisotopic (exact) mass is 367 g/mol. The number of thiazole rings is 1. The third kappa shape index (κ3) is 4.60. The fraction of sp³-hybridized carbons (Fsp3) is 0.353. The molecule has 0 radical (unpaired) electrons. The molecule has 2 aromatic rings. The molecule has 0 fully saturated rings. The molecule has 2 rings (SSSR count). The summed E-state index contributed by atoms with van der Waals surface area (Å²) in [6, 6.07) is 2.85. The zero-order chi connectivity index (χ0) is 18.7. The van der Waals surface area contributed by atoms with Gasteiger partial charge in [0.2, 0.25) is 11.8 Å². The Morgan fingerprint density at radius 2 is 1.88 bits per heavy atom. The van der Waals surface area contributed by atoms with Crippen LogP contribution in [0.25, 0.3) is 11.3 Å². The highest BCUT2D eigenvalue weighted by Gasteiger charge is 2.24. The maximum absolute atomic E-state index is 13.4. The fourth-order valence-electron chi connectivity index (χ4n) is 2.30. The zero-order valence-corrected chi connectivity index (χ0v) is 15.1. The van der Waals surface area contributed by atoms with Crippen molar-refractivity contribution in [3.8, 4) is 11.3 Å². The first-order chi connectivity index (χ1) is 11.7. The van der Waals surface area contributed by atoms with E-state index >= 15 is 0 Å². The Morgan fingerprint density at radius 1 is 1.20 bits per heavy atom. The van der Waals surface area contributed by atoms with Gasteiger partial charge in [0.05, 0.1) is 5.69 Å². The lowest BCUT2D eigenvalue weighted by molar-refractivity contribution is -0.126. The van der Waals surface area contributed by atoms with Gasteiger partial charge in [-0.25, -0.2) is 13.8 Å². The van der Waals surface area contributed by atoms with Gasteiger partial charge in [0, 0.05) is 17.4 Å². The Hall–Kier alpha value is -2.35. The number of rotatable bonds is 5. The van der Waals surface area contributed by atoms with Gasteiger partial charge in [-0.2, -0.15) is 0 Å². The Bertz CT molecular complexity index is 805. The lowest BCUT2D eigenvalue weighted by atomic mass is 10.0. The van der Waals surface area contributed by atoms with Crippen LogP contribution < -0.4 is 10.6 Å². The van der Waals surface area contributed by atoms with Crippen molar-refractivity contribution in [3.05, 3.63) is 34.7 Å². The number of carbonyl (C=O) groups is 2. The van der Waals surface area contributed by atoms with Crippen LogP contribution in [0.5, 0.6) is 0 Å². The average molecular weight is 367 g/mol. The normalized spacial score (nSPS) is 12.1. The topological polar surface area (TPSA) is 71.1 Å². The minimum absolute atomic E-state index is 0.101. The van der Waals surface area contributed by atoms with E-state index in [9.17, 15) is 18.4 Å². The Balaban J connectivity index is 2.23. The number of nitrogens with one attached hydrogen (secondary N) is 2. The van der Waals surface area contributed by atoms with Crippen LogP contribution in [0.3, 0.4) is 0 Å². The van der Waals surface area contributed by atoms with E-state index in [1.807, 2.05) is 13.8 Å². The second kappa shape index (κ2) is 7.69. The van der Waals surface area contributed by atoms with E-state index < -0.39 is 17.7 Å². The highest BCUT2D eigenvalue weighted by Crippen LogP contribution is 2.31. The van der Waals surface area contributed by atoms with Gasteiger partial charge < -0.3 is 10.6 Å². The predicted molar refractivity (Wildman–Crippen MR) is 93.3 cm³/mol. The summed E-state index contributed by atoms with van der Waals surface area (Å²) in [5.74, 6) is -2.67. The zero-order valence-electron chi connectivity index (χ0n) is 14.3. The fourth-order valence-corrected chi connectivity index (χ4v) is 3.14. The van der Waals surface area contributed by atoms with E-state index in [2.05, 4.69) is 15.6 Å². The second-order valence-corrected chi connectivity index (χ2v) is 7.17. The summed E-state index contributed by atoms with van der Waals surface area (Å²) in [7, 11) is 0. The molecule has 2 amide bonds. The third-order valence-corrected chi connectivity index (χ3v) is 4.41. The van der Waals surface area contributed by atoms with E-state index in [0.29, 0.717) is 16.4 Å². The van der Waals surface area contributed by atoms with Gasteiger partial charge in [-0.05, 0) is 31.0 Å². The molecule has 8 heteroatoms. The molecule has 0 saturated carbocycles. The van der Waals surface area contributed by atoms with E-state index in [-0.39, 0.29) is 17.7 Å². The summed E-state index contributed by atoms with van der Waals surface area (Å²) in [6.45, 7) is 6.76. The highest BCUT2D eigenvalue weighted by atomic mass is 32.1. The van der Waals surface area contributed by atoms with Crippen molar-refractivity contribution in [2.24, 2.45) is 5.92 Å². The molecular weight excluding hydrogens is 348 g/mol. The third-order valence-electron chi connectivity index (χ3n) is 3.53. The molecule has 0 saturated heterocycles. The minimum Gasteiger partial charge on any atom is -0.344 e. The molecule has 1 unspecified atom stereocenters. The van der Waals surface area contributed by atoms with E-state index in [1.54, 1.807) is 6.92 Å². The largest absolute Gasteiger partial charge is 0.344 e. The number of nitrogens with zero attached hydrogens (tertiary/aromatic N) is 1. The number of halogens is 2. The summed E-state index contributed by atoms with van der Waals surface area (Å²) in [5, 5.41) is 5.60. The van der Waals surface area contributed by atoms with Crippen LogP contribution in [0.2, 0.25) is 0 Å². The van der Waals surface area contributed by atoms with Crippen molar-refractivity contribution in [1.29, 1.82) is 0 Å². The van der Waals surface area contributed by atoms with Crippen molar-refractivity contribution in [1.82, 2.24) is 10.3 Å². The van der Waals surface area contributed by atoms with Crippen molar-refractivity contribution >= 4 is 28.3 Å². The maximum Gasteiger partial charge on any atom is 0.248 e. The van der Waals surface area contributed by atoms with Crippen LogP contribution in [0.4, 0.5) is 13.9 Å². The molecule has 1 atom stereocenters. The number of aromatic nitrogens is 1. The van der Waals surface area contributed by atoms with Gasteiger partial charge >= 0.3 is 0 Å². The van der Waals surface area contributed by atoms with Gasteiger partial charge in [0.25, 0.3) is 0 Å². The smallest absolute Gasteiger partial charge is 0.248 e. The van der Waals surface area contributed by atoms with Gasteiger partial charge in [0.1, 0.15) is 6.04 Å². The Labute approximate surface area is 148 Å². The van der Waals surface area contributed by atoms with Crippen LogP contribution in [0.15, 0.2) is 18.2 Å². The van der Waals surface area contributed by atoms with Crippen LogP contribution in [0.1, 0.15) is 25.6 Å². The summed E-state index contributed by atoms with van der Waals surface area (Å²) in [4.78, 5) is 28.7. The van der Waals surface area contributed by atoms with Crippen molar-refractivity contribution < 1.29 is 18.4 Å². The Kier molecular flexibility index (Phi) is 5.84. The van der Waals surface area contributed by atoms with Crippen LogP contribution >= 0.6 is 11.3 Å². The van der Waals surface area contributed by atoms with Crippen molar-refractivity contribution in [3.63, 3.8) is 0 Å². The summed E-state index contributed by atoms with van der Waals surface area (Å²) in [6.07, 6.45) is 0. The lowest BCUT2D eigenvalue weighted by Gasteiger charge is -2.20. The predicted octanol–water partition coefficient (Wildman–Crippen LogP) is 3.50. The van der Waals surface area contributed by atoms with Crippen molar-refractivity contribution in [2.45, 2.75) is 33.7 Å². The second-order valence-electron chi connectivity index (χ2n) is 5.96. The highest BCUT2D eigenvalue weighted by molar-refractivity contribution is 7.16. The standard InChI is InChI=1S/C17H19F2N3O2S/c1-8(2)14(20-10(4)23)16(24)22-17-21-15(9(3)25-17)11-5-6-12(18)13(19)7-11/h5-8,14H,1-4H3,(H,20,23)(H,21,22,24). The minimum atomic E-state index is -0.957. The first kappa shape index (κ1) is 19.0. The van der Waals surface area contributed by atoms with Gasteiger partial charge in [-0.15, -0.1) is 11.3 Å². The first-order valence-electron chi connectivity index (χ1n) is 7.70.